The third-order valence-electron chi connectivity index (χ3n) is 8.11. The van der Waals surface area contributed by atoms with Gasteiger partial charge in [-0.05, 0) is 57.5 Å². The first-order valence-corrected chi connectivity index (χ1v) is 16.0. The lowest BCUT2D eigenvalue weighted by atomic mass is 10.0. The predicted octanol–water partition coefficient (Wildman–Crippen LogP) is -1.41. The van der Waals surface area contributed by atoms with Crippen LogP contribution < -0.4 is 31.9 Å². The summed E-state index contributed by atoms with van der Waals surface area (Å²) in [6, 6.07) is 8.78. The van der Waals surface area contributed by atoms with Gasteiger partial charge in [0.15, 0.2) is 0 Å². The molecular weight excluding hydrogens is 618 g/mol. The van der Waals surface area contributed by atoms with E-state index in [0.29, 0.717) is 39.3 Å². The van der Waals surface area contributed by atoms with Gasteiger partial charge in [-0.1, -0.05) is 0 Å². The van der Waals surface area contributed by atoms with E-state index in [1.54, 1.807) is 0 Å². The van der Waals surface area contributed by atoms with E-state index < -0.39 is 35.4 Å². The summed E-state index contributed by atoms with van der Waals surface area (Å²) < 4.78 is 0. The quantitative estimate of drug-likeness (QED) is 0.184. The van der Waals surface area contributed by atoms with Crippen molar-refractivity contribution < 1.29 is 28.8 Å². The molecular formula is C33H45N9O6. The van der Waals surface area contributed by atoms with Crippen LogP contribution in [0.1, 0.15) is 62.1 Å². The Morgan fingerprint density at radius 2 is 0.479 bits per heavy atom. The highest BCUT2D eigenvalue weighted by Gasteiger charge is 2.19. The highest BCUT2D eigenvalue weighted by atomic mass is 16.2. The van der Waals surface area contributed by atoms with Gasteiger partial charge in [-0.15, -0.1) is 0 Å². The number of fused-ring (bicyclic) bond motifs is 24. The molecule has 0 radical (unpaired) electrons. The van der Waals surface area contributed by atoms with Gasteiger partial charge in [-0.2, -0.15) is 0 Å². The second-order valence-electron chi connectivity index (χ2n) is 12.0. The number of hydrogen-bond donors (Lipinski definition) is 6. The molecule has 0 spiro atoms. The van der Waals surface area contributed by atoms with Crippen LogP contribution in [0.2, 0.25) is 0 Å². The van der Waals surface area contributed by atoms with E-state index in [-0.39, 0.29) is 72.6 Å². The zero-order valence-electron chi connectivity index (χ0n) is 27.7. The maximum Gasteiger partial charge on any atom is 0.251 e. The van der Waals surface area contributed by atoms with Crippen molar-refractivity contribution in [1.29, 1.82) is 0 Å². The maximum absolute atomic E-state index is 13.2. The number of nitrogens with zero attached hydrogens (tertiary/aromatic N) is 3. The Balaban J connectivity index is 1.69. The minimum Gasteiger partial charge on any atom is -0.351 e. The second-order valence-corrected chi connectivity index (χ2v) is 12.0. The fraction of sp³-hybridized carbons (Fsp3) is 0.455. The zero-order valence-corrected chi connectivity index (χ0v) is 27.7. The highest BCUT2D eigenvalue weighted by molar-refractivity contribution is 6.05. The maximum atomic E-state index is 13.2. The Morgan fingerprint density at radius 1 is 0.333 bits per heavy atom. The molecule has 0 unspecified atom stereocenters. The van der Waals surface area contributed by atoms with Crippen molar-refractivity contribution in [3.63, 3.8) is 0 Å². The fourth-order valence-electron chi connectivity index (χ4n) is 5.15. The highest BCUT2D eigenvalue weighted by Crippen LogP contribution is 2.13. The molecule has 15 heteroatoms. The number of carbonyl (C=O) groups excluding carboxylic acids is 6. The van der Waals surface area contributed by atoms with Gasteiger partial charge in [0.1, 0.15) is 0 Å². The monoisotopic (exact) mass is 663 g/mol. The van der Waals surface area contributed by atoms with Gasteiger partial charge >= 0.3 is 0 Å². The van der Waals surface area contributed by atoms with E-state index in [0.717, 1.165) is 0 Å². The number of amides is 6. The first-order valence-electron chi connectivity index (χ1n) is 16.0. The van der Waals surface area contributed by atoms with E-state index in [9.17, 15) is 28.8 Å². The Morgan fingerprint density at radius 3 is 0.625 bits per heavy atom. The van der Waals surface area contributed by atoms with Crippen molar-refractivity contribution in [2.75, 3.05) is 99.7 Å². The average Bonchev–Trinajstić information content (AvgIpc) is 3.06. The smallest absolute Gasteiger partial charge is 0.251 e. The molecule has 6 amide bonds. The van der Waals surface area contributed by atoms with Crippen LogP contribution in [0.25, 0.3) is 0 Å². The summed E-state index contributed by atoms with van der Waals surface area (Å²) in [5, 5.41) is 17.1. The SMILES string of the molecule is CN1CCNC(=O)c2cc3cc(c2)C(=O)NCCN(C)CCNC(=O)c2cc(cc(c2)C(=O)NCCN(C)CCNC3=O)C(=O)NCC1. The van der Waals surface area contributed by atoms with Crippen LogP contribution >= 0.6 is 0 Å². The third-order valence-corrected chi connectivity index (χ3v) is 8.11. The number of nitrogens with one attached hydrogen (secondary N) is 6. The fourth-order valence-corrected chi connectivity index (χ4v) is 5.15. The number of rotatable bonds is 0. The lowest BCUT2D eigenvalue weighted by Crippen LogP contribution is -2.39. The van der Waals surface area contributed by atoms with Crippen LogP contribution in [0.15, 0.2) is 36.4 Å². The van der Waals surface area contributed by atoms with Crippen molar-refractivity contribution >= 4 is 35.4 Å². The number of carbonyl (C=O) groups is 6. The van der Waals surface area contributed by atoms with Crippen molar-refractivity contribution in [2.24, 2.45) is 0 Å². The number of benzene rings is 2. The van der Waals surface area contributed by atoms with Crippen LogP contribution in [0.3, 0.4) is 0 Å². The Hall–Kier alpha value is -4.86. The van der Waals surface area contributed by atoms with E-state index in [2.05, 4.69) is 31.9 Å². The van der Waals surface area contributed by atoms with Crippen LogP contribution in [0.4, 0.5) is 0 Å². The lowest BCUT2D eigenvalue weighted by molar-refractivity contribution is 0.0933. The minimum atomic E-state index is -0.427. The summed E-state index contributed by atoms with van der Waals surface area (Å²) in [6.07, 6.45) is 0. The summed E-state index contributed by atoms with van der Waals surface area (Å²) in [4.78, 5) is 84.8. The molecule has 258 valence electrons. The van der Waals surface area contributed by atoms with Gasteiger partial charge in [0.25, 0.3) is 35.4 Å². The van der Waals surface area contributed by atoms with Gasteiger partial charge in [0, 0.05) is 112 Å². The van der Waals surface area contributed by atoms with Crippen molar-refractivity contribution in [2.45, 2.75) is 0 Å². The Bertz CT molecular complexity index is 1220. The normalized spacial score (nSPS) is 19.6. The summed E-state index contributed by atoms with van der Waals surface area (Å²) in [6.45, 7) is 4.37. The molecule has 6 N–H and O–H groups in total. The molecule has 3 aliphatic heterocycles. The van der Waals surface area contributed by atoms with E-state index in [4.69, 9.17) is 0 Å². The number of likely N-dealkylation sites (N-methyl/N-ethyl adjacent to an activating group) is 3. The lowest BCUT2D eigenvalue weighted by Gasteiger charge is -2.19. The van der Waals surface area contributed by atoms with Crippen molar-refractivity contribution in [3.05, 3.63) is 69.8 Å². The minimum absolute atomic E-state index is 0.175. The Kier molecular flexibility index (Phi) is 13.0. The molecule has 0 fully saturated rings. The molecule has 15 nitrogen and oxygen atoms in total. The van der Waals surface area contributed by atoms with E-state index in [1.165, 1.54) is 36.4 Å². The first-order chi connectivity index (χ1) is 23.0. The van der Waals surface area contributed by atoms with E-state index >= 15 is 0 Å². The largest absolute Gasteiger partial charge is 0.351 e. The summed E-state index contributed by atoms with van der Waals surface area (Å²) in [5.74, 6) is -2.56. The molecule has 0 aliphatic carbocycles. The molecule has 2 aromatic rings. The molecule has 2 aromatic carbocycles. The topological polar surface area (TPSA) is 184 Å². The van der Waals surface area contributed by atoms with Crippen molar-refractivity contribution in [1.82, 2.24) is 46.6 Å². The molecule has 5 rings (SSSR count). The molecule has 0 saturated heterocycles. The first kappa shape index (κ1) is 36.0. The predicted molar refractivity (Wildman–Crippen MR) is 179 cm³/mol. The standard InChI is InChI=1S/C33H45N9O6/c1-40-10-4-34-28(43)22-16-24-20-26(18-22)32(47)38-8-14-42(3)15-9-39-33(48)27-19-23(29(44)35-5-11-40)17-25(21-27)31(46)37-7-13-41(2)12-6-36-30(24)45/h16-21H,4-15H2,1-3H3,(H,34,43)(H,35,44)(H,36,45)(H,37,46)(H,38,47)(H,39,48). The van der Waals surface area contributed by atoms with Crippen LogP contribution in [0.5, 0.6) is 0 Å². The summed E-state index contributed by atoms with van der Waals surface area (Å²) >= 11 is 0. The van der Waals surface area contributed by atoms with Crippen molar-refractivity contribution in [3.8, 4) is 0 Å². The van der Waals surface area contributed by atoms with Crippen LogP contribution in [-0.2, 0) is 0 Å². The van der Waals surface area contributed by atoms with Gasteiger partial charge in [0.05, 0.1) is 0 Å². The summed E-state index contributed by atoms with van der Waals surface area (Å²) in [5.41, 5.74) is 1.05. The molecule has 6 bridgehead atoms. The van der Waals surface area contributed by atoms with Crippen LogP contribution in [-0.4, -0.2) is 150 Å². The van der Waals surface area contributed by atoms with Gasteiger partial charge in [-0.25, -0.2) is 0 Å². The zero-order chi connectivity index (χ0) is 34.6. The van der Waals surface area contributed by atoms with Gasteiger partial charge in [-0.3, -0.25) is 28.8 Å². The Labute approximate surface area is 280 Å². The van der Waals surface area contributed by atoms with Crippen LogP contribution in [0, 0.1) is 0 Å². The molecule has 0 aromatic heterocycles. The van der Waals surface area contributed by atoms with Gasteiger partial charge < -0.3 is 46.6 Å². The van der Waals surface area contributed by atoms with E-state index in [1.807, 2.05) is 35.8 Å². The molecule has 48 heavy (non-hydrogen) atoms. The number of hydrogen-bond acceptors (Lipinski definition) is 9. The third kappa shape index (κ3) is 10.6. The average molecular weight is 664 g/mol. The molecule has 3 aliphatic rings. The molecule has 0 saturated carbocycles. The molecule has 3 heterocycles. The summed E-state index contributed by atoms with van der Waals surface area (Å²) in [7, 11) is 5.51. The van der Waals surface area contributed by atoms with Gasteiger partial charge in [0.2, 0.25) is 0 Å². The molecule has 0 atom stereocenters. The second kappa shape index (κ2) is 17.3.